The second-order valence-electron chi connectivity index (χ2n) is 9.00. The van der Waals surface area contributed by atoms with Gasteiger partial charge in [-0.2, -0.15) is 0 Å². The molecule has 1 fully saturated rings. The lowest BCUT2D eigenvalue weighted by molar-refractivity contribution is -0.138. The number of fused-ring (bicyclic) bond motifs is 1. The molecule has 3 aromatic rings. The zero-order valence-electron chi connectivity index (χ0n) is 19.9. The number of carbonyl (C=O) groups is 3. The van der Waals surface area contributed by atoms with E-state index in [4.69, 9.17) is 17.3 Å². The van der Waals surface area contributed by atoms with Crippen LogP contribution in [0.1, 0.15) is 42.0 Å². The van der Waals surface area contributed by atoms with Crippen molar-refractivity contribution < 1.29 is 19.5 Å². The van der Waals surface area contributed by atoms with Gasteiger partial charge in [0.25, 0.3) is 0 Å². The number of aliphatic carboxylic acids is 1. The number of nitrogens with zero attached hydrogens (tertiary/aromatic N) is 1. The smallest absolute Gasteiger partial charge is 0.305 e. The molecule has 0 bridgehead atoms. The molecule has 4 N–H and O–H groups in total. The lowest BCUT2D eigenvalue weighted by Gasteiger charge is -2.31. The number of anilines is 1. The number of benzene rings is 2. The molecule has 9 heteroatoms. The molecular weight excluding hydrogens is 498 g/mol. The highest BCUT2D eigenvalue weighted by Gasteiger charge is 2.29. The van der Waals surface area contributed by atoms with Crippen molar-refractivity contribution in [3.63, 3.8) is 0 Å². The Morgan fingerprint density at radius 2 is 1.92 bits per heavy atom. The standard InChI is InChI=1S/C27H28ClN3O4S/c1-16-19(14-20-10-13-36-26(20)25(16)28)4-7-23(32)31-11-8-18(9-12-31)27(35)30-22(15-24(33)34)17-2-5-21(29)6-3-17/h2-7,10,13-14,18,22H,8-9,11-12,15,29H2,1H3,(H,30,35)(H,33,34)/b7-4+/t22-/m1/s1. The number of likely N-dealkylation sites (tertiary alicyclic amines) is 1. The Kier molecular flexibility index (Phi) is 7.96. The number of amides is 2. The molecule has 2 amide bonds. The van der Waals surface area contributed by atoms with Crippen molar-refractivity contribution >= 4 is 62.6 Å². The van der Waals surface area contributed by atoms with Crippen molar-refractivity contribution in [2.75, 3.05) is 18.8 Å². The van der Waals surface area contributed by atoms with Gasteiger partial charge in [0, 0.05) is 30.8 Å². The van der Waals surface area contributed by atoms with E-state index in [9.17, 15) is 19.5 Å². The molecule has 0 saturated carbocycles. The molecule has 2 heterocycles. The summed E-state index contributed by atoms with van der Waals surface area (Å²) in [7, 11) is 0. The Balaban J connectivity index is 1.35. The second-order valence-corrected chi connectivity index (χ2v) is 10.3. The molecule has 0 aliphatic carbocycles. The van der Waals surface area contributed by atoms with E-state index in [1.54, 1.807) is 52.7 Å². The first-order valence-corrected chi connectivity index (χ1v) is 13.0. The Bertz CT molecular complexity index is 1310. The van der Waals surface area contributed by atoms with E-state index < -0.39 is 12.0 Å². The van der Waals surface area contributed by atoms with Crippen molar-refractivity contribution in [2.24, 2.45) is 5.92 Å². The minimum Gasteiger partial charge on any atom is -0.481 e. The van der Waals surface area contributed by atoms with E-state index in [1.807, 2.05) is 24.4 Å². The molecule has 1 aliphatic rings. The van der Waals surface area contributed by atoms with Gasteiger partial charge in [-0.3, -0.25) is 14.4 Å². The molecule has 1 aliphatic heterocycles. The van der Waals surface area contributed by atoms with Crippen LogP contribution in [0.4, 0.5) is 5.69 Å². The van der Waals surface area contributed by atoms with Gasteiger partial charge in [-0.25, -0.2) is 0 Å². The third kappa shape index (κ3) is 5.88. The van der Waals surface area contributed by atoms with Gasteiger partial charge < -0.3 is 21.1 Å². The summed E-state index contributed by atoms with van der Waals surface area (Å²) < 4.78 is 1.04. The average molecular weight is 526 g/mol. The van der Waals surface area contributed by atoms with Gasteiger partial charge in [0.1, 0.15) is 0 Å². The number of thiophene rings is 1. The van der Waals surface area contributed by atoms with E-state index in [2.05, 4.69) is 5.32 Å². The molecule has 36 heavy (non-hydrogen) atoms. The molecule has 0 spiro atoms. The Morgan fingerprint density at radius 3 is 2.58 bits per heavy atom. The largest absolute Gasteiger partial charge is 0.481 e. The van der Waals surface area contributed by atoms with Crippen molar-refractivity contribution in [1.29, 1.82) is 0 Å². The number of nitrogen functional groups attached to an aromatic ring is 1. The van der Waals surface area contributed by atoms with Gasteiger partial charge >= 0.3 is 5.97 Å². The summed E-state index contributed by atoms with van der Waals surface area (Å²) in [6, 6.07) is 10.2. The zero-order valence-corrected chi connectivity index (χ0v) is 21.4. The molecule has 1 saturated heterocycles. The van der Waals surface area contributed by atoms with Gasteiger partial charge in [-0.05, 0) is 77.6 Å². The van der Waals surface area contributed by atoms with Gasteiger partial charge in [0.2, 0.25) is 11.8 Å². The fraction of sp³-hybridized carbons (Fsp3) is 0.296. The van der Waals surface area contributed by atoms with Crippen LogP contribution in [-0.2, 0) is 14.4 Å². The van der Waals surface area contributed by atoms with Crippen molar-refractivity contribution in [3.8, 4) is 0 Å². The molecule has 0 unspecified atom stereocenters. The van der Waals surface area contributed by atoms with Crippen LogP contribution >= 0.6 is 22.9 Å². The zero-order chi connectivity index (χ0) is 25.8. The van der Waals surface area contributed by atoms with Gasteiger partial charge in [-0.15, -0.1) is 11.3 Å². The van der Waals surface area contributed by atoms with Crippen LogP contribution in [0.2, 0.25) is 5.02 Å². The monoisotopic (exact) mass is 525 g/mol. The molecule has 7 nitrogen and oxygen atoms in total. The summed E-state index contributed by atoms with van der Waals surface area (Å²) in [4.78, 5) is 38.8. The maximum absolute atomic E-state index is 12.9. The normalized spacial score (nSPS) is 15.3. The summed E-state index contributed by atoms with van der Waals surface area (Å²) in [5.74, 6) is -1.60. The number of rotatable bonds is 7. The highest BCUT2D eigenvalue weighted by molar-refractivity contribution is 7.17. The Morgan fingerprint density at radius 1 is 1.22 bits per heavy atom. The SMILES string of the molecule is Cc1c(/C=C/C(=O)N2CCC(C(=O)N[C@H](CC(=O)O)c3ccc(N)cc3)CC2)cc2ccsc2c1Cl. The van der Waals surface area contributed by atoms with Crippen LogP contribution < -0.4 is 11.1 Å². The lowest BCUT2D eigenvalue weighted by Crippen LogP contribution is -2.43. The minimum atomic E-state index is -1.00. The first-order chi connectivity index (χ1) is 17.2. The summed E-state index contributed by atoms with van der Waals surface area (Å²) >= 11 is 8.09. The number of nitrogens with one attached hydrogen (secondary N) is 1. The molecular formula is C27H28ClN3O4S. The van der Waals surface area contributed by atoms with Gasteiger partial charge in [-0.1, -0.05) is 23.7 Å². The number of halogens is 1. The third-order valence-electron chi connectivity index (χ3n) is 6.59. The van der Waals surface area contributed by atoms with E-state index in [-0.39, 0.29) is 24.2 Å². The number of nitrogens with two attached hydrogens (primary N) is 1. The highest BCUT2D eigenvalue weighted by Crippen LogP contribution is 2.34. The Hall–Kier alpha value is -3.36. The summed E-state index contributed by atoms with van der Waals surface area (Å²) in [6.45, 7) is 2.85. The van der Waals surface area contributed by atoms with E-state index in [0.717, 1.165) is 21.2 Å². The molecule has 1 atom stereocenters. The van der Waals surface area contributed by atoms with Crippen molar-refractivity contribution in [3.05, 3.63) is 69.6 Å². The molecule has 0 radical (unpaired) electrons. The minimum absolute atomic E-state index is 0.111. The predicted octanol–water partition coefficient (Wildman–Crippen LogP) is 5.03. The number of hydrogen-bond donors (Lipinski definition) is 3. The van der Waals surface area contributed by atoms with E-state index >= 15 is 0 Å². The first-order valence-electron chi connectivity index (χ1n) is 11.7. The number of carboxylic acid groups (broad SMARTS) is 1. The third-order valence-corrected chi connectivity index (χ3v) is 8.12. The molecule has 188 valence electrons. The quantitative estimate of drug-likeness (QED) is 0.296. The van der Waals surface area contributed by atoms with Crippen LogP contribution in [0.3, 0.4) is 0 Å². The lowest BCUT2D eigenvalue weighted by atomic mass is 9.94. The number of carbonyl (C=O) groups excluding carboxylic acids is 2. The molecule has 1 aromatic heterocycles. The topological polar surface area (TPSA) is 113 Å². The average Bonchev–Trinajstić information content (AvgIpc) is 3.34. The Labute approximate surface area is 218 Å². The van der Waals surface area contributed by atoms with E-state index in [0.29, 0.717) is 42.2 Å². The predicted molar refractivity (Wildman–Crippen MR) is 144 cm³/mol. The highest BCUT2D eigenvalue weighted by atomic mass is 35.5. The van der Waals surface area contributed by atoms with Gasteiger partial charge in [0.15, 0.2) is 0 Å². The number of piperidine rings is 1. The summed E-state index contributed by atoms with van der Waals surface area (Å²) in [6.07, 6.45) is 4.15. The molecule has 4 rings (SSSR count). The van der Waals surface area contributed by atoms with Gasteiger partial charge in [0.05, 0.1) is 22.2 Å². The summed E-state index contributed by atoms with van der Waals surface area (Å²) in [5.41, 5.74) is 8.81. The maximum atomic E-state index is 12.9. The van der Waals surface area contributed by atoms with Crippen molar-refractivity contribution in [1.82, 2.24) is 10.2 Å². The summed E-state index contributed by atoms with van der Waals surface area (Å²) in [5, 5.41) is 15.9. The number of carboxylic acids is 1. The van der Waals surface area contributed by atoms with Crippen LogP contribution in [0.15, 0.2) is 47.9 Å². The van der Waals surface area contributed by atoms with Crippen molar-refractivity contribution in [2.45, 2.75) is 32.2 Å². The maximum Gasteiger partial charge on any atom is 0.305 e. The fourth-order valence-electron chi connectivity index (χ4n) is 4.43. The number of hydrogen-bond acceptors (Lipinski definition) is 5. The fourth-order valence-corrected chi connectivity index (χ4v) is 5.65. The first kappa shape index (κ1) is 25.7. The van der Waals surface area contributed by atoms with E-state index in [1.165, 1.54) is 0 Å². The second kappa shape index (κ2) is 11.1. The van der Waals surface area contributed by atoms with Crippen LogP contribution in [0, 0.1) is 12.8 Å². The van der Waals surface area contributed by atoms with Crippen LogP contribution in [0.25, 0.3) is 16.2 Å². The van der Waals surface area contributed by atoms with Crippen LogP contribution in [0.5, 0.6) is 0 Å². The molecule has 2 aromatic carbocycles. The van der Waals surface area contributed by atoms with Crippen LogP contribution in [-0.4, -0.2) is 40.9 Å².